The van der Waals surface area contributed by atoms with E-state index >= 15 is 0 Å². The van der Waals surface area contributed by atoms with Crippen LogP contribution in [-0.2, 0) is 0 Å². The van der Waals surface area contributed by atoms with E-state index < -0.39 is 0 Å². The van der Waals surface area contributed by atoms with Gasteiger partial charge in [-0.15, -0.1) is 0 Å². The van der Waals surface area contributed by atoms with Crippen molar-refractivity contribution in [1.29, 1.82) is 0 Å². The second-order valence-electron chi connectivity index (χ2n) is 5.44. The van der Waals surface area contributed by atoms with Crippen molar-refractivity contribution in [2.45, 2.75) is 32.6 Å². The van der Waals surface area contributed by atoms with Crippen LogP contribution in [0.1, 0.15) is 35.7 Å². The minimum atomic E-state index is 0.545. The fraction of sp³-hybridized carbons (Fsp3) is 0.375. The van der Waals surface area contributed by atoms with Crippen LogP contribution in [-0.4, -0.2) is 17.0 Å². The molecule has 0 amide bonds. The number of nitrogens with zero attached hydrogens (tertiary/aromatic N) is 2. The minimum absolute atomic E-state index is 0.545. The number of anilines is 3. The molecular weight excluding hydrogens is 248 g/mol. The van der Waals surface area contributed by atoms with E-state index in [9.17, 15) is 0 Å². The highest BCUT2D eigenvalue weighted by Crippen LogP contribution is 2.39. The zero-order valence-electron chi connectivity index (χ0n) is 12.2. The van der Waals surface area contributed by atoms with Gasteiger partial charge in [-0.25, -0.2) is 9.97 Å². The van der Waals surface area contributed by atoms with Crippen LogP contribution in [0.15, 0.2) is 24.3 Å². The fourth-order valence-corrected chi connectivity index (χ4v) is 2.15. The zero-order valence-corrected chi connectivity index (χ0v) is 12.2. The van der Waals surface area contributed by atoms with Crippen LogP contribution in [0.3, 0.4) is 0 Å². The van der Waals surface area contributed by atoms with Crippen LogP contribution in [0, 0.1) is 13.8 Å². The maximum Gasteiger partial charge on any atom is 0.136 e. The molecule has 2 N–H and O–H groups in total. The molecule has 0 unspecified atom stereocenters. The first-order valence-corrected chi connectivity index (χ1v) is 7.06. The molecule has 0 bridgehead atoms. The Labute approximate surface area is 119 Å². The van der Waals surface area contributed by atoms with Crippen molar-refractivity contribution >= 4 is 17.3 Å². The summed E-state index contributed by atoms with van der Waals surface area (Å²) in [5.74, 6) is 3.22. The molecule has 1 saturated carbocycles. The Morgan fingerprint density at radius 2 is 1.75 bits per heavy atom. The van der Waals surface area contributed by atoms with Gasteiger partial charge in [0.15, 0.2) is 0 Å². The molecule has 1 aliphatic rings. The second-order valence-corrected chi connectivity index (χ2v) is 5.44. The Kier molecular flexibility index (Phi) is 3.30. The molecule has 2 aromatic rings. The van der Waals surface area contributed by atoms with E-state index in [2.05, 4.69) is 52.6 Å². The van der Waals surface area contributed by atoms with Gasteiger partial charge >= 0.3 is 0 Å². The number of hydrogen-bond acceptors (Lipinski definition) is 4. The summed E-state index contributed by atoms with van der Waals surface area (Å²) >= 11 is 0. The highest BCUT2D eigenvalue weighted by Gasteiger charge is 2.27. The molecular formula is C16H20N4. The lowest BCUT2D eigenvalue weighted by Crippen LogP contribution is -2.03. The first-order chi connectivity index (χ1) is 9.65. The van der Waals surface area contributed by atoms with E-state index in [1.807, 2.05) is 13.1 Å². The number of nitrogens with one attached hydrogen (secondary N) is 2. The molecule has 0 aliphatic heterocycles. The molecule has 0 saturated heterocycles. The molecule has 1 fully saturated rings. The largest absolute Gasteiger partial charge is 0.373 e. The third-order valence-corrected chi connectivity index (χ3v) is 3.72. The summed E-state index contributed by atoms with van der Waals surface area (Å²) in [4.78, 5) is 9.15. The Bertz CT molecular complexity index is 632. The maximum absolute atomic E-state index is 4.63. The Balaban J connectivity index is 1.88. The van der Waals surface area contributed by atoms with Gasteiger partial charge in [-0.2, -0.15) is 0 Å². The van der Waals surface area contributed by atoms with Crippen molar-refractivity contribution in [2.24, 2.45) is 0 Å². The summed E-state index contributed by atoms with van der Waals surface area (Å²) in [5.41, 5.74) is 3.64. The molecule has 1 aliphatic carbocycles. The van der Waals surface area contributed by atoms with E-state index in [1.54, 1.807) is 0 Å². The highest BCUT2D eigenvalue weighted by atomic mass is 15.1. The van der Waals surface area contributed by atoms with Crippen LogP contribution in [0.5, 0.6) is 0 Å². The van der Waals surface area contributed by atoms with Gasteiger partial charge in [0.05, 0.1) is 0 Å². The highest BCUT2D eigenvalue weighted by molar-refractivity contribution is 5.60. The molecule has 1 aromatic heterocycles. The molecule has 20 heavy (non-hydrogen) atoms. The predicted molar refractivity (Wildman–Crippen MR) is 82.8 cm³/mol. The first kappa shape index (κ1) is 12.9. The lowest BCUT2D eigenvalue weighted by molar-refractivity contribution is 0.932. The van der Waals surface area contributed by atoms with Gasteiger partial charge < -0.3 is 10.6 Å². The van der Waals surface area contributed by atoms with Crippen molar-refractivity contribution in [1.82, 2.24) is 9.97 Å². The average molecular weight is 268 g/mol. The van der Waals surface area contributed by atoms with E-state index in [0.29, 0.717) is 5.92 Å². The SMILES string of the molecule is CNc1cc(Nc2ccc(C)c(C)c2)nc(C2CC2)n1. The van der Waals surface area contributed by atoms with Crippen LogP contribution in [0.25, 0.3) is 0 Å². The molecule has 0 radical (unpaired) electrons. The van der Waals surface area contributed by atoms with E-state index in [4.69, 9.17) is 0 Å². The summed E-state index contributed by atoms with van der Waals surface area (Å²) in [6.45, 7) is 4.24. The number of benzene rings is 1. The average Bonchev–Trinajstić information content (AvgIpc) is 3.27. The zero-order chi connectivity index (χ0) is 14.1. The Morgan fingerprint density at radius 1 is 1.00 bits per heavy atom. The number of aryl methyl sites for hydroxylation is 2. The normalized spacial score (nSPS) is 14.2. The molecule has 0 atom stereocenters. The maximum atomic E-state index is 4.63. The summed E-state index contributed by atoms with van der Waals surface area (Å²) in [5, 5.41) is 6.48. The summed E-state index contributed by atoms with van der Waals surface area (Å²) in [6.07, 6.45) is 2.41. The Hall–Kier alpha value is -2.10. The van der Waals surface area contributed by atoms with E-state index in [-0.39, 0.29) is 0 Å². The monoisotopic (exact) mass is 268 g/mol. The lowest BCUT2D eigenvalue weighted by Gasteiger charge is -2.11. The van der Waals surface area contributed by atoms with Gasteiger partial charge in [0.25, 0.3) is 0 Å². The van der Waals surface area contributed by atoms with Crippen LogP contribution in [0.2, 0.25) is 0 Å². The summed E-state index contributed by atoms with van der Waals surface area (Å²) in [7, 11) is 1.89. The van der Waals surface area contributed by atoms with Crippen molar-refractivity contribution in [2.75, 3.05) is 17.7 Å². The van der Waals surface area contributed by atoms with Crippen molar-refractivity contribution in [3.63, 3.8) is 0 Å². The van der Waals surface area contributed by atoms with E-state index in [1.165, 1.54) is 24.0 Å². The standard InChI is InChI=1S/C16H20N4/c1-10-4-7-13(8-11(10)2)18-15-9-14(17-3)19-16(20-15)12-5-6-12/h4,7-9,12H,5-6H2,1-3H3,(H2,17,18,19,20). The second kappa shape index (κ2) is 5.12. The Morgan fingerprint density at radius 3 is 2.40 bits per heavy atom. The van der Waals surface area contributed by atoms with Gasteiger partial charge in [-0.1, -0.05) is 6.07 Å². The molecule has 4 nitrogen and oxygen atoms in total. The molecule has 104 valence electrons. The van der Waals surface area contributed by atoms with Gasteiger partial charge in [0.2, 0.25) is 0 Å². The van der Waals surface area contributed by atoms with Gasteiger partial charge in [-0.3, -0.25) is 0 Å². The molecule has 4 heteroatoms. The quantitative estimate of drug-likeness (QED) is 0.886. The van der Waals surface area contributed by atoms with Gasteiger partial charge in [-0.05, 0) is 49.9 Å². The molecule has 1 heterocycles. The van der Waals surface area contributed by atoms with Crippen LogP contribution < -0.4 is 10.6 Å². The number of aromatic nitrogens is 2. The smallest absolute Gasteiger partial charge is 0.136 e. The van der Waals surface area contributed by atoms with Crippen LogP contribution in [0.4, 0.5) is 17.3 Å². The minimum Gasteiger partial charge on any atom is -0.373 e. The third-order valence-electron chi connectivity index (χ3n) is 3.72. The third kappa shape index (κ3) is 2.74. The van der Waals surface area contributed by atoms with E-state index in [0.717, 1.165) is 23.1 Å². The molecule has 1 aromatic carbocycles. The van der Waals surface area contributed by atoms with Gasteiger partial charge in [0.1, 0.15) is 17.5 Å². The van der Waals surface area contributed by atoms with Crippen LogP contribution >= 0.6 is 0 Å². The van der Waals surface area contributed by atoms with Crippen molar-refractivity contribution in [3.8, 4) is 0 Å². The predicted octanol–water partition coefficient (Wildman–Crippen LogP) is 3.76. The summed E-state index contributed by atoms with van der Waals surface area (Å²) in [6, 6.07) is 8.30. The lowest BCUT2D eigenvalue weighted by atomic mass is 10.1. The number of hydrogen-bond donors (Lipinski definition) is 2. The first-order valence-electron chi connectivity index (χ1n) is 7.06. The summed E-state index contributed by atoms with van der Waals surface area (Å²) < 4.78 is 0. The molecule has 0 spiro atoms. The topological polar surface area (TPSA) is 49.8 Å². The van der Waals surface area contributed by atoms with Gasteiger partial charge in [0, 0.05) is 24.7 Å². The van der Waals surface area contributed by atoms with Crippen molar-refractivity contribution < 1.29 is 0 Å². The number of rotatable bonds is 4. The fourth-order valence-electron chi connectivity index (χ4n) is 2.15. The van der Waals surface area contributed by atoms with Crippen molar-refractivity contribution in [3.05, 3.63) is 41.2 Å². The molecule has 3 rings (SSSR count).